The molecule has 0 saturated carbocycles. The number of aliphatic hydroxyl groups is 1. The molecule has 0 radical (unpaired) electrons. The lowest BCUT2D eigenvalue weighted by molar-refractivity contribution is -0.284. The number of hydrogen-bond donors (Lipinski definition) is 3. The van der Waals surface area contributed by atoms with E-state index in [-0.39, 0.29) is 42.8 Å². The number of carbonyl (C=O) groups excluding carboxylic acids is 3. The molecule has 0 bridgehead atoms. The molecule has 12 heteroatoms. The minimum atomic E-state index is -1.20. The first-order valence-electron chi connectivity index (χ1n) is 17.1. The van der Waals surface area contributed by atoms with E-state index in [1.54, 1.807) is 20.3 Å². The normalized spacial score (nSPS) is 13.0. The highest BCUT2D eigenvalue weighted by Gasteiger charge is 2.48. The Hall–Kier alpha value is -5.72. The molecule has 0 saturated heterocycles. The molecule has 1 heterocycles. The van der Waals surface area contributed by atoms with E-state index in [0.717, 1.165) is 21.6 Å². The molecule has 52 heavy (non-hydrogen) atoms. The summed E-state index contributed by atoms with van der Waals surface area (Å²) >= 11 is 0. The van der Waals surface area contributed by atoms with E-state index in [4.69, 9.17) is 19.2 Å². The van der Waals surface area contributed by atoms with Gasteiger partial charge in [0.05, 0.1) is 36.3 Å². The fourth-order valence-corrected chi connectivity index (χ4v) is 6.76. The average molecular weight is 711 g/mol. The molecule has 0 spiro atoms. The fraction of sp³-hybridized carbons (Fsp3) is 0.300. The molecule has 0 aromatic heterocycles. The first-order valence-corrected chi connectivity index (χ1v) is 17.1. The maximum absolute atomic E-state index is 13.1. The summed E-state index contributed by atoms with van der Waals surface area (Å²) in [5.41, 5.74) is 1.40. The minimum absolute atomic E-state index is 0.00979. The van der Waals surface area contributed by atoms with Crippen molar-refractivity contribution in [1.29, 1.82) is 0 Å². The number of benzene rings is 4. The summed E-state index contributed by atoms with van der Waals surface area (Å²) in [6.45, 7) is 0.0776. The van der Waals surface area contributed by atoms with Gasteiger partial charge in [0.15, 0.2) is 11.5 Å². The number of ether oxygens (including phenoxy) is 2. The van der Waals surface area contributed by atoms with Gasteiger partial charge >= 0.3 is 12.1 Å². The second kappa shape index (κ2) is 17.5. The van der Waals surface area contributed by atoms with Crippen LogP contribution in [0.2, 0.25) is 0 Å². The van der Waals surface area contributed by atoms with Gasteiger partial charge in [0.2, 0.25) is 0 Å². The van der Waals surface area contributed by atoms with Crippen LogP contribution in [0.5, 0.6) is 11.5 Å². The third-order valence-corrected chi connectivity index (χ3v) is 9.18. The quantitative estimate of drug-likeness (QED) is 0.0367. The van der Waals surface area contributed by atoms with Crippen molar-refractivity contribution in [3.8, 4) is 11.5 Å². The summed E-state index contributed by atoms with van der Waals surface area (Å²) in [4.78, 5) is 62.9. The molecule has 1 aliphatic rings. The molecule has 1 atom stereocenters. The van der Waals surface area contributed by atoms with Crippen LogP contribution in [0.15, 0.2) is 97.1 Å². The van der Waals surface area contributed by atoms with Gasteiger partial charge in [-0.15, -0.1) is 0 Å². The Kier molecular flexibility index (Phi) is 12.6. The molecule has 5 rings (SSSR count). The zero-order chi connectivity index (χ0) is 37.1. The van der Waals surface area contributed by atoms with Crippen molar-refractivity contribution < 1.29 is 48.6 Å². The third-order valence-electron chi connectivity index (χ3n) is 9.18. The Morgan fingerprint density at radius 1 is 0.788 bits per heavy atom. The number of fused-ring (bicyclic) bond motifs is 1. The van der Waals surface area contributed by atoms with E-state index in [1.807, 2.05) is 72.8 Å². The lowest BCUT2D eigenvalue weighted by Crippen LogP contribution is -2.45. The molecule has 1 aliphatic heterocycles. The maximum Gasteiger partial charge on any atom is 0.438 e. The molecule has 4 aromatic carbocycles. The second-order valence-corrected chi connectivity index (χ2v) is 12.2. The Bertz CT molecular complexity index is 1830. The maximum atomic E-state index is 13.1. The molecule has 12 nitrogen and oxygen atoms in total. The Morgan fingerprint density at radius 3 is 2.08 bits per heavy atom. The Balaban J connectivity index is 1.39. The zero-order valence-corrected chi connectivity index (χ0v) is 29.1. The van der Waals surface area contributed by atoms with E-state index in [1.165, 1.54) is 18.2 Å². The number of carboxylic acid groups (broad SMARTS) is 1. The summed E-state index contributed by atoms with van der Waals surface area (Å²) in [6.07, 6.45) is 0.869. The lowest BCUT2D eigenvalue weighted by Gasteiger charge is -2.42. The Morgan fingerprint density at radius 2 is 1.46 bits per heavy atom. The number of carbonyl (C=O) groups is 4. The van der Waals surface area contributed by atoms with Crippen molar-refractivity contribution in [3.05, 3.63) is 130 Å². The van der Waals surface area contributed by atoms with E-state index in [0.29, 0.717) is 37.2 Å². The topological polar surface area (TPSA) is 161 Å². The van der Waals surface area contributed by atoms with Gasteiger partial charge in [-0.05, 0) is 54.7 Å². The summed E-state index contributed by atoms with van der Waals surface area (Å²) in [6, 6.07) is 28.9. The minimum Gasteiger partial charge on any atom is -0.493 e. The monoisotopic (exact) mass is 710 g/mol. The second-order valence-electron chi connectivity index (χ2n) is 12.2. The van der Waals surface area contributed by atoms with E-state index in [2.05, 4.69) is 5.32 Å². The van der Waals surface area contributed by atoms with Crippen LogP contribution in [0.1, 0.15) is 79.9 Å². The van der Waals surface area contributed by atoms with Gasteiger partial charge in [0, 0.05) is 25.3 Å². The van der Waals surface area contributed by atoms with Crippen LogP contribution in [0.4, 0.5) is 4.79 Å². The number of unbranched alkanes of at least 4 members (excludes halogenated alkanes) is 2. The van der Waals surface area contributed by atoms with E-state index >= 15 is 0 Å². The van der Waals surface area contributed by atoms with Gasteiger partial charge < -0.3 is 25.0 Å². The zero-order valence-electron chi connectivity index (χ0n) is 29.1. The third kappa shape index (κ3) is 7.78. The van der Waals surface area contributed by atoms with Crippen LogP contribution in [-0.2, 0) is 15.2 Å². The van der Waals surface area contributed by atoms with Crippen LogP contribution in [0.25, 0.3) is 0 Å². The number of hydrogen-bond acceptors (Lipinski definition) is 9. The Labute approximate surface area is 301 Å². The molecule has 272 valence electrons. The van der Waals surface area contributed by atoms with Crippen molar-refractivity contribution in [2.75, 3.05) is 33.9 Å². The van der Waals surface area contributed by atoms with Crippen molar-refractivity contribution in [1.82, 2.24) is 10.2 Å². The molecule has 0 fully saturated rings. The molecular formula is C40H42N2O10. The summed E-state index contributed by atoms with van der Waals surface area (Å²) < 4.78 is 11.7. The molecule has 3 amide bonds. The van der Waals surface area contributed by atoms with Gasteiger partial charge in [-0.1, -0.05) is 85.6 Å². The standard InChI is InChI=1S/C40H42N2O10/c1-49-33-19-12-18-32(35(33)50-2)40(28-14-6-3-7-15-28,29-16-8-4-9-17-29)34(20-10-5-11-25-43)51-52-39(48)41-23-13-24-42-36(44)30-22-21-27(38(46)47)26-31(30)37(42)45/h3-4,6-9,12,14-19,21-22,26,34,43H,5,10-11,13,20,23-25H2,1-2H3,(H,41,48)(H,46,47). The van der Waals surface area contributed by atoms with Crippen molar-refractivity contribution in [2.45, 2.75) is 43.6 Å². The predicted octanol–water partition coefficient (Wildman–Crippen LogP) is 6.00. The van der Waals surface area contributed by atoms with Gasteiger partial charge in [-0.25, -0.2) is 9.59 Å². The van der Waals surface area contributed by atoms with Crippen LogP contribution in [0.3, 0.4) is 0 Å². The largest absolute Gasteiger partial charge is 0.493 e. The van der Waals surface area contributed by atoms with Crippen molar-refractivity contribution in [2.24, 2.45) is 0 Å². The summed E-state index contributed by atoms with van der Waals surface area (Å²) in [5, 5.41) is 21.4. The number of methoxy groups -OCH3 is 2. The highest BCUT2D eigenvalue weighted by atomic mass is 17.2. The number of nitrogens with zero attached hydrogens (tertiary/aromatic N) is 1. The number of rotatable bonds is 18. The predicted molar refractivity (Wildman–Crippen MR) is 191 cm³/mol. The highest BCUT2D eigenvalue weighted by molar-refractivity contribution is 6.21. The SMILES string of the molecule is COc1cccc(C(c2ccccc2)(c2ccccc2)C(CCCCCO)OOC(=O)NCCCN2C(=O)c3ccc(C(=O)O)cc3C2=O)c1OC. The number of imide groups is 1. The van der Waals surface area contributed by atoms with Gasteiger partial charge in [0.1, 0.15) is 6.10 Å². The fourth-order valence-electron chi connectivity index (χ4n) is 6.76. The van der Waals surface area contributed by atoms with Crippen LogP contribution in [-0.4, -0.2) is 79.0 Å². The van der Waals surface area contributed by atoms with Crippen LogP contribution < -0.4 is 14.8 Å². The van der Waals surface area contributed by atoms with Crippen molar-refractivity contribution in [3.63, 3.8) is 0 Å². The van der Waals surface area contributed by atoms with E-state index in [9.17, 15) is 29.4 Å². The average Bonchev–Trinajstić information content (AvgIpc) is 3.41. The number of para-hydroxylation sites is 1. The van der Waals surface area contributed by atoms with E-state index < -0.39 is 35.4 Å². The molecule has 4 aromatic rings. The summed E-state index contributed by atoms with van der Waals surface area (Å²) in [5.74, 6) is -1.33. The number of aliphatic hydroxyl groups excluding tert-OH is 1. The first-order chi connectivity index (χ1) is 25.3. The smallest absolute Gasteiger partial charge is 0.438 e. The molecule has 0 aliphatic carbocycles. The van der Waals surface area contributed by atoms with Gasteiger partial charge in [-0.3, -0.25) is 19.4 Å². The van der Waals surface area contributed by atoms with Gasteiger partial charge in [0.25, 0.3) is 11.8 Å². The highest BCUT2D eigenvalue weighted by Crippen LogP contribution is 2.50. The van der Waals surface area contributed by atoms with Crippen LogP contribution in [0, 0.1) is 0 Å². The lowest BCUT2D eigenvalue weighted by atomic mass is 9.64. The summed E-state index contributed by atoms with van der Waals surface area (Å²) in [7, 11) is 3.13. The number of carboxylic acids is 1. The molecule has 1 unspecified atom stereocenters. The van der Waals surface area contributed by atoms with Gasteiger partial charge in [-0.2, -0.15) is 4.89 Å². The molecule has 3 N–H and O–H groups in total. The van der Waals surface area contributed by atoms with Crippen molar-refractivity contribution >= 4 is 23.9 Å². The van der Waals surface area contributed by atoms with Crippen LogP contribution >= 0.6 is 0 Å². The molecular weight excluding hydrogens is 668 g/mol. The number of nitrogens with one attached hydrogen (secondary N) is 1. The first kappa shape index (κ1) is 37.5. The number of amides is 3. The number of aromatic carboxylic acids is 1.